The van der Waals surface area contributed by atoms with Crippen molar-refractivity contribution in [2.24, 2.45) is 0 Å². The Hall–Kier alpha value is -1.95. The predicted octanol–water partition coefficient (Wildman–Crippen LogP) is 2.72. The standard InChI is InChI=1S/C13H15F2N3O/c1-19-3-2-18-8-11(7-17-18)9-4-10(13(14)15)6-12(16)5-9/h4-8,13H,2-3,16H2,1H3. The molecule has 1 aromatic heterocycles. The van der Waals surface area contributed by atoms with Gasteiger partial charge in [-0.05, 0) is 23.8 Å². The molecule has 0 saturated heterocycles. The maximum Gasteiger partial charge on any atom is 0.263 e. The SMILES string of the molecule is COCCn1cc(-c2cc(N)cc(C(F)F)c2)cn1. The van der Waals surface area contributed by atoms with Gasteiger partial charge in [-0.3, -0.25) is 4.68 Å². The minimum Gasteiger partial charge on any atom is -0.399 e. The molecule has 0 atom stereocenters. The van der Waals surface area contributed by atoms with Crippen LogP contribution < -0.4 is 5.73 Å². The van der Waals surface area contributed by atoms with E-state index in [0.29, 0.717) is 24.4 Å². The summed E-state index contributed by atoms with van der Waals surface area (Å²) >= 11 is 0. The number of nitrogen functional groups attached to an aromatic ring is 1. The zero-order valence-electron chi connectivity index (χ0n) is 10.5. The summed E-state index contributed by atoms with van der Waals surface area (Å²) in [4.78, 5) is 0. The number of halogens is 2. The molecule has 2 rings (SSSR count). The van der Waals surface area contributed by atoms with E-state index in [2.05, 4.69) is 5.10 Å². The molecule has 0 aliphatic rings. The molecule has 0 amide bonds. The van der Waals surface area contributed by atoms with Crippen LogP contribution >= 0.6 is 0 Å². The van der Waals surface area contributed by atoms with Crippen LogP contribution in [-0.4, -0.2) is 23.5 Å². The first-order valence-electron chi connectivity index (χ1n) is 5.80. The Labute approximate surface area is 109 Å². The molecule has 1 heterocycles. The van der Waals surface area contributed by atoms with Gasteiger partial charge in [-0.25, -0.2) is 8.78 Å². The highest BCUT2D eigenvalue weighted by molar-refractivity contribution is 5.67. The van der Waals surface area contributed by atoms with Crippen LogP contribution in [0.25, 0.3) is 11.1 Å². The molecular formula is C13H15F2N3O. The molecule has 6 heteroatoms. The van der Waals surface area contributed by atoms with Crippen LogP contribution in [0.15, 0.2) is 30.6 Å². The maximum absolute atomic E-state index is 12.7. The zero-order chi connectivity index (χ0) is 13.8. The molecule has 0 aliphatic heterocycles. The second kappa shape index (κ2) is 5.79. The number of alkyl halides is 2. The van der Waals surface area contributed by atoms with Crippen LogP contribution in [0.4, 0.5) is 14.5 Å². The molecule has 0 aliphatic carbocycles. The summed E-state index contributed by atoms with van der Waals surface area (Å²) in [5.74, 6) is 0. The summed E-state index contributed by atoms with van der Waals surface area (Å²) < 4.78 is 32.1. The van der Waals surface area contributed by atoms with Gasteiger partial charge in [0.05, 0.1) is 19.3 Å². The van der Waals surface area contributed by atoms with Gasteiger partial charge in [-0.1, -0.05) is 0 Å². The van der Waals surface area contributed by atoms with E-state index in [9.17, 15) is 8.78 Å². The lowest BCUT2D eigenvalue weighted by Crippen LogP contribution is -2.03. The van der Waals surface area contributed by atoms with Crippen LogP contribution in [0.3, 0.4) is 0 Å². The molecule has 102 valence electrons. The van der Waals surface area contributed by atoms with Crippen LogP contribution in [0.5, 0.6) is 0 Å². The monoisotopic (exact) mass is 267 g/mol. The molecular weight excluding hydrogens is 252 g/mol. The van der Waals surface area contributed by atoms with Gasteiger partial charge in [0, 0.05) is 30.1 Å². The Balaban J connectivity index is 2.28. The Morgan fingerprint density at radius 3 is 2.79 bits per heavy atom. The van der Waals surface area contributed by atoms with E-state index >= 15 is 0 Å². The van der Waals surface area contributed by atoms with Gasteiger partial charge in [-0.2, -0.15) is 5.10 Å². The minimum absolute atomic E-state index is 0.0837. The average molecular weight is 267 g/mol. The van der Waals surface area contributed by atoms with Gasteiger partial charge in [-0.15, -0.1) is 0 Å². The lowest BCUT2D eigenvalue weighted by atomic mass is 10.1. The molecule has 0 saturated carbocycles. The summed E-state index contributed by atoms with van der Waals surface area (Å²) in [6.07, 6.45) is 0.869. The van der Waals surface area contributed by atoms with Gasteiger partial charge >= 0.3 is 0 Å². The Bertz CT molecular complexity index is 555. The molecule has 0 radical (unpaired) electrons. The highest BCUT2D eigenvalue weighted by Crippen LogP contribution is 2.28. The summed E-state index contributed by atoms with van der Waals surface area (Å²) in [7, 11) is 1.61. The van der Waals surface area contributed by atoms with E-state index in [0.717, 1.165) is 5.56 Å². The number of nitrogens with two attached hydrogens (primary N) is 1. The molecule has 0 unspecified atom stereocenters. The zero-order valence-corrected chi connectivity index (χ0v) is 10.5. The van der Waals surface area contributed by atoms with E-state index in [1.165, 1.54) is 12.1 Å². The number of rotatable bonds is 5. The second-order valence-electron chi connectivity index (χ2n) is 4.17. The summed E-state index contributed by atoms with van der Waals surface area (Å²) in [6, 6.07) is 4.37. The molecule has 19 heavy (non-hydrogen) atoms. The molecule has 0 bridgehead atoms. The smallest absolute Gasteiger partial charge is 0.263 e. The number of nitrogens with zero attached hydrogens (tertiary/aromatic N) is 2. The summed E-state index contributed by atoms with van der Waals surface area (Å²) in [5, 5.41) is 4.14. The first-order valence-corrected chi connectivity index (χ1v) is 5.80. The fourth-order valence-corrected chi connectivity index (χ4v) is 1.79. The number of ether oxygens (including phenoxy) is 1. The third-order valence-electron chi connectivity index (χ3n) is 2.72. The van der Waals surface area contributed by atoms with Crippen molar-refractivity contribution in [2.45, 2.75) is 13.0 Å². The van der Waals surface area contributed by atoms with Crippen molar-refractivity contribution in [1.29, 1.82) is 0 Å². The number of aromatic nitrogens is 2. The fraction of sp³-hybridized carbons (Fsp3) is 0.308. The first kappa shape index (κ1) is 13.5. The summed E-state index contributed by atoms with van der Waals surface area (Å²) in [6.45, 7) is 1.15. The largest absolute Gasteiger partial charge is 0.399 e. The lowest BCUT2D eigenvalue weighted by molar-refractivity contribution is 0.151. The highest BCUT2D eigenvalue weighted by Gasteiger charge is 2.11. The topological polar surface area (TPSA) is 53.1 Å². The first-order chi connectivity index (χ1) is 9.10. The molecule has 0 spiro atoms. The highest BCUT2D eigenvalue weighted by atomic mass is 19.3. The van der Waals surface area contributed by atoms with E-state index < -0.39 is 6.43 Å². The number of methoxy groups -OCH3 is 1. The molecule has 1 aromatic carbocycles. The average Bonchev–Trinajstić information content (AvgIpc) is 2.84. The van der Waals surface area contributed by atoms with Crippen molar-refractivity contribution in [3.05, 3.63) is 36.2 Å². The van der Waals surface area contributed by atoms with Crippen molar-refractivity contribution < 1.29 is 13.5 Å². The number of hydrogen-bond donors (Lipinski definition) is 1. The molecule has 2 aromatic rings. The van der Waals surface area contributed by atoms with Crippen molar-refractivity contribution in [2.75, 3.05) is 19.5 Å². The second-order valence-corrected chi connectivity index (χ2v) is 4.17. The van der Waals surface area contributed by atoms with E-state index in [-0.39, 0.29) is 5.56 Å². The number of anilines is 1. The molecule has 4 nitrogen and oxygen atoms in total. The van der Waals surface area contributed by atoms with Gasteiger partial charge < -0.3 is 10.5 Å². The Morgan fingerprint density at radius 2 is 2.11 bits per heavy atom. The molecule has 0 fully saturated rings. The van der Waals surface area contributed by atoms with Crippen molar-refractivity contribution in [3.8, 4) is 11.1 Å². The van der Waals surface area contributed by atoms with Gasteiger partial charge in [0.1, 0.15) is 0 Å². The number of hydrogen-bond acceptors (Lipinski definition) is 3. The van der Waals surface area contributed by atoms with Gasteiger partial charge in [0.25, 0.3) is 6.43 Å². The van der Waals surface area contributed by atoms with Crippen molar-refractivity contribution in [1.82, 2.24) is 9.78 Å². The Kier molecular flexibility index (Phi) is 4.11. The third kappa shape index (κ3) is 3.29. The van der Waals surface area contributed by atoms with Crippen LogP contribution in [0.2, 0.25) is 0 Å². The van der Waals surface area contributed by atoms with Crippen molar-refractivity contribution in [3.63, 3.8) is 0 Å². The lowest BCUT2D eigenvalue weighted by Gasteiger charge is -2.05. The van der Waals surface area contributed by atoms with E-state index in [1.54, 1.807) is 30.3 Å². The van der Waals surface area contributed by atoms with Crippen molar-refractivity contribution >= 4 is 5.69 Å². The Morgan fingerprint density at radius 1 is 1.32 bits per heavy atom. The predicted molar refractivity (Wildman–Crippen MR) is 68.9 cm³/mol. The third-order valence-corrected chi connectivity index (χ3v) is 2.72. The fourth-order valence-electron chi connectivity index (χ4n) is 1.79. The quantitative estimate of drug-likeness (QED) is 0.847. The molecule has 2 N–H and O–H groups in total. The van der Waals surface area contributed by atoms with Crippen LogP contribution in [-0.2, 0) is 11.3 Å². The summed E-state index contributed by atoms with van der Waals surface area (Å²) in [5.41, 5.74) is 7.27. The normalized spacial score (nSPS) is 11.2. The number of benzene rings is 1. The maximum atomic E-state index is 12.7. The van der Waals surface area contributed by atoms with E-state index in [4.69, 9.17) is 10.5 Å². The van der Waals surface area contributed by atoms with E-state index in [1.807, 2.05) is 0 Å². The van der Waals surface area contributed by atoms with Gasteiger partial charge in [0.15, 0.2) is 0 Å². The van der Waals surface area contributed by atoms with Crippen LogP contribution in [0, 0.1) is 0 Å². The van der Waals surface area contributed by atoms with Gasteiger partial charge in [0.2, 0.25) is 0 Å². The van der Waals surface area contributed by atoms with Crippen LogP contribution in [0.1, 0.15) is 12.0 Å². The minimum atomic E-state index is -2.54.